The molecule has 0 saturated carbocycles. The van der Waals surface area contributed by atoms with Crippen molar-refractivity contribution in [2.24, 2.45) is 0 Å². The maximum Gasteiger partial charge on any atom is 0.349 e. The third kappa shape index (κ3) is 3.11. The molecule has 5 rings (SSSR count). The molecule has 1 fully saturated rings. The van der Waals surface area contributed by atoms with Gasteiger partial charge in [0.2, 0.25) is 0 Å². The lowest BCUT2D eigenvalue weighted by Crippen LogP contribution is -2.49. The van der Waals surface area contributed by atoms with Crippen molar-refractivity contribution in [1.82, 2.24) is 14.5 Å². The van der Waals surface area contributed by atoms with E-state index < -0.39 is 0 Å². The number of nitrogens with one attached hydrogen (secondary N) is 1. The number of rotatable bonds is 3. The summed E-state index contributed by atoms with van der Waals surface area (Å²) in [5, 5.41) is 4.53. The monoisotopic (exact) mass is 379 g/mol. The van der Waals surface area contributed by atoms with Crippen molar-refractivity contribution in [3.63, 3.8) is 0 Å². The van der Waals surface area contributed by atoms with Crippen molar-refractivity contribution in [2.75, 3.05) is 42.9 Å². The molecule has 6 nitrogen and oxygen atoms in total. The summed E-state index contributed by atoms with van der Waals surface area (Å²) in [6.07, 6.45) is 0. The summed E-state index contributed by atoms with van der Waals surface area (Å²) in [6, 6.07) is 14.6. The van der Waals surface area contributed by atoms with Crippen molar-refractivity contribution < 1.29 is 4.39 Å². The molecular weight excluding hydrogens is 357 g/mol. The molecule has 2 aliphatic heterocycles. The lowest BCUT2D eigenvalue weighted by molar-refractivity contribution is 0.245. The number of benzene rings is 2. The number of anilines is 2. The van der Waals surface area contributed by atoms with Crippen LogP contribution in [0.3, 0.4) is 0 Å². The Labute approximate surface area is 162 Å². The molecule has 0 amide bonds. The summed E-state index contributed by atoms with van der Waals surface area (Å²) in [5.41, 5.74) is 1.61. The molecule has 0 aliphatic carbocycles. The van der Waals surface area contributed by atoms with E-state index in [4.69, 9.17) is 0 Å². The Morgan fingerprint density at radius 1 is 1.04 bits per heavy atom. The lowest BCUT2D eigenvalue weighted by Gasteiger charge is -2.37. The standard InChI is InChI=1S/C21H22FN5O/c22-15-5-7-17(8-6-15)26-11-9-25(10-12-26)13-16-14-27-20(23-16)18-3-1-2-4-19(18)24-21(27)28/h1-8,16,23H,9-14H2/t16-/m1/s1. The number of halogens is 1. The van der Waals surface area contributed by atoms with Crippen LogP contribution in [-0.4, -0.2) is 53.2 Å². The molecule has 2 aromatic carbocycles. The fraction of sp³-hybridized carbons (Fsp3) is 0.333. The fourth-order valence-electron chi connectivity index (χ4n) is 4.22. The van der Waals surface area contributed by atoms with Gasteiger partial charge in [-0.25, -0.2) is 9.18 Å². The largest absolute Gasteiger partial charge is 0.369 e. The van der Waals surface area contributed by atoms with Crippen LogP contribution < -0.4 is 15.9 Å². The molecule has 0 bridgehead atoms. The highest BCUT2D eigenvalue weighted by Gasteiger charge is 2.27. The number of hydrogen-bond donors (Lipinski definition) is 1. The summed E-state index contributed by atoms with van der Waals surface area (Å²) >= 11 is 0. The van der Waals surface area contributed by atoms with Crippen LogP contribution in [0.25, 0.3) is 10.9 Å². The molecule has 144 valence electrons. The van der Waals surface area contributed by atoms with E-state index in [-0.39, 0.29) is 17.5 Å². The average Bonchev–Trinajstić information content (AvgIpc) is 3.14. The first-order valence-electron chi connectivity index (χ1n) is 9.66. The number of para-hydroxylation sites is 1. The topological polar surface area (TPSA) is 53.4 Å². The molecule has 2 aliphatic rings. The highest BCUT2D eigenvalue weighted by Crippen LogP contribution is 2.26. The predicted octanol–water partition coefficient (Wildman–Crippen LogP) is 2.15. The van der Waals surface area contributed by atoms with Gasteiger partial charge >= 0.3 is 5.69 Å². The van der Waals surface area contributed by atoms with E-state index in [9.17, 15) is 9.18 Å². The van der Waals surface area contributed by atoms with Crippen molar-refractivity contribution in [2.45, 2.75) is 12.6 Å². The van der Waals surface area contributed by atoms with Crippen molar-refractivity contribution >= 4 is 22.4 Å². The molecular formula is C21H22FN5O. The summed E-state index contributed by atoms with van der Waals surface area (Å²) in [5.74, 6) is 0.678. The predicted molar refractivity (Wildman–Crippen MR) is 108 cm³/mol. The zero-order valence-corrected chi connectivity index (χ0v) is 15.5. The molecule has 3 heterocycles. The summed E-state index contributed by atoms with van der Waals surface area (Å²) in [6.45, 7) is 5.24. The van der Waals surface area contributed by atoms with Crippen LogP contribution in [0, 0.1) is 5.82 Å². The number of hydrogen-bond acceptors (Lipinski definition) is 5. The van der Waals surface area contributed by atoms with Crippen LogP contribution in [0.4, 0.5) is 15.9 Å². The third-order valence-electron chi connectivity index (χ3n) is 5.66. The maximum atomic E-state index is 13.1. The van der Waals surface area contributed by atoms with Gasteiger partial charge in [-0.3, -0.25) is 9.47 Å². The van der Waals surface area contributed by atoms with Gasteiger partial charge in [0.05, 0.1) is 18.1 Å². The highest BCUT2D eigenvalue weighted by molar-refractivity contribution is 5.89. The summed E-state index contributed by atoms with van der Waals surface area (Å²) in [4.78, 5) is 21.3. The zero-order chi connectivity index (χ0) is 19.1. The van der Waals surface area contributed by atoms with Gasteiger partial charge in [-0.05, 0) is 36.4 Å². The lowest BCUT2D eigenvalue weighted by atomic mass is 10.2. The Hall–Kier alpha value is -2.93. The van der Waals surface area contributed by atoms with E-state index in [1.807, 2.05) is 36.4 Å². The van der Waals surface area contributed by atoms with E-state index in [0.717, 1.165) is 55.1 Å². The molecule has 3 aromatic rings. The molecule has 1 atom stereocenters. The van der Waals surface area contributed by atoms with Crippen LogP contribution in [0.2, 0.25) is 0 Å². The van der Waals surface area contributed by atoms with Crippen LogP contribution in [0.5, 0.6) is 0 Å². The van der Waals surface area contributed by atoms with E-state index >= 15 is 0 Å². The second kappa shape index (κ2) is 6.91. The fourth-order valence-corrected chi connectivity index (χ4v) is 4.22. The van der Waals surface area contributed by atoms with Crippen LogP contribution in [0.15, 0.2) is 53.3 Å². The first-order valence-corrected chi connectivity index (χ1v) is 9.66. The van der Waals surface area contributed by atoms with Crippen LogP contribution in [0.1, 0.15) is 0 Å². The Morgan fingerprint density at radius 2 is 1.79 bits per heavy atom. The van der Waals surface area contributed by atoms with Crippen LogP contribution in [-0.2, 0) is 6.54 Å². The SMILES string of the molecule is O=c1nc2ccccc2c2n1C[C@@H](CN1CCN(c3ccc(F)cc3)CC1)N2. The second-order valence-electron chi connectivity index (χ2n) is 7.48. The number of aromatic nitrogens is 2. The minimum Gasteiger partial charge on any atom is -0.369 e. The molecule has 7 heteroatoms. The normalized spacial score (nSPS) is 19.6. The summed E-state index contributed by atoms with van der Waals surface area (Å²) < 4.78 is 14.9. The van der Waals surface area contributed by atoms with E-state index in [1.54, 1.807) is 4.57 Å². The zero-order valence-electron chi connectivity index (χ0n) is 15.5. The smallest absolute Gasteiger partial charge is 0.349 e. The first-order chi connectivity index (χ1) is 13.7. The van der Waals surface area contributed by atoms with Gasteiger partial charge in [0.1, 0.15) is 11.6 Å². The first kappa shape index (κ1) is 17.2. The van der Waals surface area contributed by atoms with Crippen molar-refractivity contribution in [3.8, 4) is 0 Å². The van der Waals surface area contributed by atoms with Crippen molar-refractivity contribution in [3.05, 3.63) is 64.8 Å². The molecule has 1 saturated heterocycles. The van der Waals surface area contributed by atoms with Gasteiger partial charge in [0, 0.05) is 43.8 Å². The third-order valence-corrected chi connectivity index (χ3v) is 5.66. The minimum atomic E-state index is -0.202. The minimum absolute atomic E-state index is 0.190. The molecule has 0 unspecified atom stereocenters. The van der Waals surface area contributed by atoms with Gasteiger partial charge in [-0.1, -0.05) is 12.1 Å². The van der Waals surface area contributed by atoms with E-state index in [2.05, 4.69) is 20.1 Å². The van der Waals surface area contributed by atoms with Gasteiger partial charge < -0.3 is 10.2 Å². The van der Waals surface area contributed by atoms with Crippen molar-refractivity contribution in [1.29, 1.82) is 0 Å². The Bertz CT molecular complexity index is 1060. The quantitative estimate of drug-likeness (QED) is 0.756. The highest BCUT2D eigenvalue weighted by atomic mass is 19.1. The van der Waals surface area contributed by atoms with Gasteiger partial charge in [-0.15, -0.1) is 0 Å². The molecule has 1 aromatic heterocycles. The Kier molecular flexibility index (Phi) is 4.24. The second-order valence-corrected chi connectivity index (χ2v) is 7.48. The van der Waals surface area contributed by atoms with E-state index in [0.29, 0.717) is 6.54 Å². The number of nitrogens with zero attached hydrogens (tertiary/aromatic N) is 4. The molecule has 1 N–H and O–H groups in total. The molecule has 28 heavy (non-hydrogen) atoms. The van der Waals surface area contributed by atoms with Crippen LogP contribution >= 0.6 is 0 Å². The maximum absolute atomic E-state index is 13.1. The molecule has 0 radical (unpaired) electrons. The number of piperazine rings is 1. The molecule has 0 spiro atoms. The Balaban J connectivity index is 1.24. The Morgan fingerprint density at radius 3 is 2.57 bits per heavy atom. The average molecular weight is 379 g/mol. The van der Waals surface area contributed by atoms with Gasteiger partial charge in [0.25, 0.3) is 0 Å². The van der Waals surface area contributed by atoms with E-state index in [1.165, 1.54) is 12.1 Å². The summed E-state index contributed by atoms with van der Waals surface area (Å²) in [7, 11) is 0. The van der Waals surface area contributed by atoms with Gasteiger partial charge in [0.15, 0.2) is 0 Å². The number of fused-ring (bicyclic) bond motifs is 3. The van der Waals surface area contributed by atoms with Gasteiger partial charge in [-0.2, -0.15) is 4.98 Å².